The summed E-state index contributed by atoms with van der Waals surface area (Å²) in [5.74, 6) is 0.802. The highest BCUT2D eigenvalue weighted by Crippen LogP contribution is 2.06. The first-order valence-corrected chi connectivity index (χ1v) is 9.07. The van der Waals surface area contributed by atoms with E-state index < -0.39 is 0 Å². The fraction of sp³-hybridized carbons (Fsp3) is 0.350. The Morgan fingerprint density at radius 1 is 1.15 bits per heavy atom. The van der Waals surface area contributed by atoms with Crippen molar-refractivity contribution >= 4 is 17.7 Å². The summed E-state index contributed by atoms with van der Waals surface area (Å²) in [4.78, 5) is 20.6. The number of nitrogens with one attached hydrogen (secondary N) is 3. The van der Waals surface area contributed by atoms with Crippen LogP contribution in [-0.4, -0.2) is 36.5 Å². The third-order valence-electron chi connectivity index (χ3n) is 3.75. The molecule has 27 heavy (non-hydrogen) atoms. The van der Waals surface area contributed by atoms with Gasteiger partial charge in [0, 0.05) is 25.2 Å². The average Bonchev–Trinajstić information content (AvgIpc) is 2.63. The van der Waals surface area contributed by atoms with Gasteiger partial charge in [-0.1, -0.05) is 24.3 Å². The normalized spacial score (nSPS) is 11.1. The predicted octanol–water partition coefficient (Wildman–Crippen LogP) is 2.66. The molecule has 1 heterocycles. The number of amides is 1. The number of hydrogen-bond acceptors (Lipinski definition) is 3. The summed E-state index contributed by atoms with van der Waals surface area (Å²) in [5, 5.41) is 9.03. The van der Waals surface area contributed by atoms with Crippen molar-refractivity contribution in [2.45, 2.75) is 26.7 Å². The molecule has 144 valence electrons. The van der Waals surface area contributed by atoms with Gasteiger partial charge in [0.25, 0.3) is 0 Å². The van der Waals surface area contributed by atoms with Crippen molar-refractivity contribution in [3.8, 4) is 0 Å². The van der Waals surface area contributed by atoms with E-state index in [1.807, 2.05) is 32.0 Å². The van der Waals surface area contributed by atoms with E-state index in [0.717, 1.165) is 5.69 Å². The first kappa shape index (κ1) is 20.4. The summed E-state index contributed by atoms with van der Waals surface area (Å²) in [6, 6.07) is 12.2. The Bertz CT molecular complexity index is 778. The highest BCUT2D eigenvalue weighted by atomic mass is 19.1. The number of aryl methyl sites for hydroxylation is 1. The number of pyridine rings is 1. The summed E-state index contributed by atoms with van der Waals surface area (Å²) in [6.45, 7) is 5.42. The van der Waals surface area contributed by atoms with Crippen LogP contribution in [0.4, 0.5) is 10.2 Å². The lowest BCUT2D eigenvalue weighted by Gasteiger charge is -2.11. The van der Waals surface area contributed by atoms with E-state index >= 15 is 0 Å². The quantitative estimate of drug-likeness (QED) is 0.492. The largest absolute Gasteiger partial charge is 0.357 e. The average molecular weight is 371 g/mol. The van der Waals surface area contributed by atoms with Gasteiger partial charge in [-0.25, -0.2) is 9.37 Å². The lowest BCUT2D eigenvalue weighted by Crippen LogP contribution is -2.38. The van der Waals surface area contributed by atoms with Gasteiger partial charge < -0.3 is 16.0 Å². The van der Waals surface area contributed by atoms with Crippen molar-refractivity contribution < 1.29 is 9.18 Å². The third-order valence-corrected chi connectivity index (χ3v) is 3.75. The second-order valence-electron chi connectivity index (χ2n) is 5.99. The zero-order valence-electron chi connectivity index (χ0n) is 15.8. The maximum absolute atomic E-state index is 13.6. The van der Waals surface area contributed by atoms with Crippen LogP contribution >= 0.6 is 0 Å². The minimum Gasteiger partial charge on any atom is -0.357 e. The zero-order valence-corrected chi connectivity index (χ0v) is 15.8. The molecule has 0 atom stereocenters. The van der Waals surface area contributed by atoms with E-state index in [9.17, 15) is 9.18 Å². The molecule has 2 aromatic rings. The molecular formula is C20H26FN5O. The van der Waals surface area contributed by atoms with E-state index in [0.29, 0.717) is 43.4 Å². The minimum absolute atomic E-state index is 0.140. The Balaban J connectivity index is 1.78. The number of carbonyl (C=O) groups is 1. The van der Waals surface area contributed by atoms with Gasteiger partial charge in [0.2, 0.25) is 5.91 Å². The molecule has 1 aromatic carbocycles. The molecule has 3 N–H and O–H groups in total. The lowest BCUT2D eigenvalue weighted by atomic mass is 10.1. The van der Waals surface area contributed by atoms with Gasteiger partial charge in [0.05, 0.1) is 6.54 Å². The number of rotatable bonds is 8. The van der Waals surface area contributed by atoms with Gasteiger partial charge in [-0.2, -0.15) is 0 Å². The number of aliphatic imine (C=N–C) groups is 1. The number of aromatic nitrogens is 1. The van der Waals surface area contributed by atoms with E-state index in [2.05, 4.69) is 25.9 Å². The molecule has 0 unspecified atom stereocenters. The van der Waals surface area contributed by atoms with Gasteiger partial charge >= 0.3 is 0 Å². The van der Waals surface area contributed by atoms with Crippen molar-refractivity contribution in [3.63, 3.8) is 0 Å². The fourth-order valence-electron chi connectivity index (χ4n) is 2.45. The van der Waals surface area contributed by atoms with Crippen LogP contribution in [0.15, 0.2) is 47.5 Å². The summed E-state index contributed by atoms with van der Waals surface area (Å²) in [5.41, 5.74) is 1.50. The first-order valence-electron chi connectivity index (χ1n) is 9.07. The SMILES string of the molecule is CCNC(=NCCC(=O)Nc1cccc(C)n1)NCCc1ccccc1F. The molecule has 1 aromatic heterocycles. The fourth-order valence-corrected chi connectivity index (χ4v) is 2.45. The first-order chi connectivity index (χ1) is 13.1. The van der Waals surface area contributed by atoms with Crippen LogP contribution in [0.1, 0.15) is 24.6 Å². The molecule has 0 saturated heterocycles. The predicted molar refractivity (Wildman–Crippen MR) is 106 cm³/mol. The molecule has 6 nitrogen and oxygen atoms in total. The lowest BCUT2D eigenvalue weighted by molar-refractivity contribution is -0.116. The number of anilines is 1. The second-order valence-corrected chi connectivity index (χ2v) is 5.99. The van der Waals surface area contributed by atoms with Crippen molar-refractivity contribution in [2.24, 2.45) is 4.99 Å². The van der Waals surface area contributed by atoms with Crippen LogP contribution < -0.4 is 16.0 Å². The van der Waals surface area contributed by atoms with Gasteiger partial charge in [0.15, 0.2) is 5.96 Å². The highest BCUT2D eigenvalue weighted by Gasteiger charge is 2.05. The molecule has 0 saturated carbocycles. The minimum atomic E-state index is -0.206. The summed E-state index contributed by atoms with van der Waals surface area (Å²) in [7, 11) is 0. The zero-order chi connectivity index (χ0) is 19.5. The molecular weight excluding hydrogens is 345 g/mol. The number of hydrogen-bond donors (Lipinski definition) is 3. The molecule has 0 aliphatic rings. The van der Waals surface area contributed by atoms with Gasteiger partial charge in [-0.05, 0) is 44.0 Å². The molecule has 0 aliphatic heterocycles. The Hall–Kier alpha value is -2.96. The molecule has 0 bridgehead atoms. The monoisotopic (exact) mass is 371 g/mol. The van der Waals surface area contributed by atoms with E-state index in [-0.39, 0.29) is 18.1 Å². The Morgan fingerprint density at radius 3 is 2.70 bits per heavy atom. The Kier molecular flexibility index (Phi) is 8.22. The number of halogens is 1. The van der Waals surface area contributed by atoms with Crippen LogP contribution in [0.25, 0.3) is 0 Å². The van der Waals surface area contributed by atoms with Gasteiger partial charge in [-0.15, -0.1) is 0 Å². The topological polar surface area (TPSA) is 78.4 Å². The number of carbonyl (C=O) groups excluding carboxylic acids is 1. The van der Waals surface area contributed by atoms with E-state index in [1.54, 1.807) is 18.2 Å². The molecule has 0 spiro atoms. The summed E-state index contributed by atoms with van der Waals surface area (Å²) in [6.07, 6.45) is 0.802. The highest BCUT2D eigenvalue weighted by molar-refractivity contribution is 5.90. The van der Waals surface area contributed by atoms with Crippen LogP contribution in [0.3, 0.4) is 0 Å². The summed E-state index contributed by atoms with van der Waals surface area (Å²) < 4.78 is 13.6. The van der Waals surface area contributed by atoms with Crippen LogP contribution in [0.5, 0.6) is 0 Å². The van der Waals surface area contributed by atoms with Crippen LogP contribution in [0.2, 0.25) is 0 Å². The number of guanidine groups is 1. The molecule has 0 aliphatic carbocycles. The van der Waals surface area contributed by atoms with Gasteiger partial charge in [0.1, 0.15) is 11.6 Å². The van der Waals surface area contributed by atoms with Gasteiger partial charge in [-0.3, -0.25) is 9.79 Å². The van der Waals surface area contributed by atoms with E-state index in [4.69, 9.17) is 0 Å². The van der Waals surface area contributed by atoms with Crippen molar-refractivity contribution in [3.05, 3.63) is 59.5 Å². The smallest absolute Gasteiger partial charge is 0.227 e. The van der Waals surface area contributed by atoms with Crippen molar-refractivity contribution in [1.82, 2.24) is 15.6 Å². The standard InChI is InChI=1S/C20H26FN5O/c1-3-22-20(23-13-11-16-8-4-5-9-17(16)21)24-14-12-19(27)26-18-10-6-7-15(2)25-18/h4-10H,3,11-14H2,1-2H3,(H2,22,23,24)(H,25,26,27). The maximum atomic E-state index is 13.6. The third kappa shape index (κ3) is 7.43. The van der Waals surface area contributed by atoms with Crippen LogP contribution in [-0.2, 0) is 11.2 Å². The second kappa shape index (κ2) is 10.9. The number of nitrogens with zero attached hydrogens (tertiary/aromatic N) is 2. The number of benzene rings is 1. The Labute approximate surface area is 159 Å². The molecule has 2 rings (SSSR count). The van der Waals surface area contributed by atoms with Crippen LogP contribution in [0, 0.1) is 12.7 Å². The van der Waals surface area contributed by atoms with Crippen molar-refractivity contribution in [1.29, 1.82) is 0 Å². The Morgan fingerprint density at radius 2 is 1.96 bits per heavy atom. The van der Waals surface area contributed by atoms with Crippen molar-refractivity contribution in [2.75, 3.05) is 25.0 Å². The summed E-state index contributed by atoms with van der Waals surface area (Å²) >= 11 is 0. The molecule has 1 amide bonds. The molecule has 0 fully saturated rings. The molecule has 0 radical (unpaired) electrons. The van der Waals surface area contributed by atoms with E-state index in [1.165, 1.54) is 6.07 Å². The molecule has 7 heteroatoms. The maximum Gasteiger partial charge on any atom is 0.227 e.